The number of hydrogen-bond donors (Lipinski definition) is 1. The molecular formula is C28H27F6N3O2. The Morgan fingerprint density at radius 1 is 0.821 bits per heavy atom. The molecule has 4 rings (SSSR count). The minimum Gasteiger partial charge on any atom is -0.480 e. The maximum Gasteiger partial charge on any atom is 0.406 e. The fourth-order valence-electron chi connectivity index (χ4n) is 4.71. The summed E-state index contributed by atoms with van der Waals surface area (Å²) in [5.41, 5.74) is -1.85. The van der Waals surface area contributed by atoms with Gasteiger partial charge < -0.3 is 5.11 Å². The summed E-state index contributed by atoms with van der Waals surface area (Å²) >= 11 is 0. The molecule has 11 heteroatoms. The van der Waals surface area contributed by atoms with E-state index in [0.717, 1.165) is 23.3 Å². The third kappa shape index (κ3) is 6.09. The van der Waals surface area contributed by atoms with E-state index in [1.165, 1.54) is 12.1 Å². The zero-order chi connectivity index (χ0) is 28.4. The number of pyridine rings is 1. The number of aliphatic carboxylic acids is 1. The van der Waals surface area contributed by atoms with Gasteiger partial charge in [0.05, 0.1) is 0 Å². The lowest BCUT2D eigenvalue weighted by molar-refractivity contribution is -0.297. The Morgan fingerprint density at radius 2 is 1.33 bits per heavy atom. The van der Waals surface area contributed by atoms with E-state index in [-0.39, 0.29) is 6.92 Å². The highest BCUT2D eigenvalue weighted by Crippen LogP contribution is 2.51. The van der Waals surface area contributed by atoms with Crippen LogP contribution in [0.3, 0.4) is 0 Å². The smallest absolute Gasteiger partial charge is 0.406 e. The van der Waals surface area contributed by atoms with Crippen molar-refractivity contribution in [3.63, 3.8) is 0 Å². The third-order valence-electron chi connectivity index (χ3n) is 7.29. The highest BCUT2D eigenvalue weighted by Gasteiger charge is 2.68. The molecule has 1 N–H and O–H groups in total. The fourth-order valence-corrected chi connectivity index (χ4v) is 4.71. The Balaban J connectivity index is 1.42. The van der Waals surface area contributed by atoms with Gasteiger partial charge in [-0.25, -0.2) is 0 Å². The molecule has 0 amide bonds. The SMILES string of the molecule is CC(c1ccc(-c2ccc(CN3CCN(Cc4ccncc4)[C@H](C(=O)O)C3)cc2)cc1)(C(F)(F)F)C(F)(F)F. The maximum absolute atomic E-state index is 13.4. The molecule has 0 radical (unpaired) electrons. The number of piperazine rings is 1. The largest absolute Gasteiger partial charge is 0.480 e. The number of carbonyl (C=O) groups is 1. The molecule has 0 spiro atoms. The minimum absolute atomic E-state index is 0.144. The number of aromatic nitrogens is 1. The number of carboxylic acids is 1. The van der Waals surface area contributed by atoms with Crippen molar-refractivity contribution in [3.8, 4) is 11.1 Å². The van der Waals surface area contributed by atoms with Crippen molar-refractivity contribution in [2.45, 2.75) is 43.8 Å². The summed E-state index contributed by atoms with van der Waals surface area (Å²) in [6.45, 7) is 2.72. The number of benzene rings is 2. The topological polar surface area (TPSA) is 56.7 Å². The van der Waals surface area contributed by atoms with E-state index in [4.69, 9.17) is 0 Å². The van der Waals surface area contributed by atoms with Gasteiger partial charge in [-0.3, -0.25) is 19.6 Å². The summed E-state index contributed by atoms with van der Waals surface area (Å²) in [6.07, 6.45) is -7.67. The van der Waals surface area contributed by atoms with Crippen molar-refractivity contribution in [2.75, 3.05) is 19.6 Å². The summed E-state index contributed by atoms with van der Waals surface area (Å²) in [4.78, 5) is 19.9. The van der Waals surface area contributed by atoms with E-state index in [0.29, 0.717) is 43.9 Å². The second kappa shape index (κ2) is 11.0. The Hall–Kier alpha value is -3.44. The molecule has 2 aromatic carbocycles. The molecule has 3 aromatic rings. The van der Waals surface area contributed by atoms with Gasteiger partial charge in [0, 0.05) is 45.1 Å². The molecule has 5 nitrogen and oxygen atoms in total. The van der Waals surface area contributed by atoms with Crippen LogP contribution in [0.1, 0.15) is 23.6 Å². The minimum atomic E-state index is -5.50. The number of carboxylic acid groups (broad SMARTS) is 1. The van der Waals surface area contributed by atoms with Gasteiger partial charge in [0.1, 0.15) is 6.04 Å². The lowest BCUT2D eigenvalue weighted by Crippen LogP contribution is -2.55. The predicted molar refractivity (Wildman–Crippen MR) is 133 cm³/mol. The summed E-state index contributed by atoms with van der Waals surface area (Å²) in [7, 11) is 0. The summed E-state index contributed by atoms with van der Waals surface area (Å²) < 4.78 is 80.2. The molecule has 208 valence electrons. The van der Waals surface area contributed by atoms with Crippen LogP contribution in [0.2, 0.25) is 0 Å². The van der Waals surface area contributed by atoms with Gasteiger partial charge in [-0.2, -0.15) is 26.3 Å². The van der Waals surface area contributed by atoms with Gasteiger partial charge in [0.2, 0.25) is 0 Å². The van der Waals surface area contributed by atoms with Crippen LogP contribution in [0.25, 0.3) is 11.1 Å². The molecule has 0 aliphatic carbocycles. The van der Waals surface area contributed by atoms with Crippen molar-refractivity contribution < 1.29 is 36.2 Å². The zero-order valence-corrected chi connectivity index (χ0v) is 21.0. The summed E-state index contributed by atoms with van der Waals surface area (Å²) in [5.74, 6) is -0.903. The van der Waals surface area contributed by atoms with Gasteiger partial charge >= 0.3 is 18.3 Å². The Morgan fingerprint density at radius 3 is 1.85 bits per heavy atom. The number of halogens is 6. The van der Waals surface area contributed by atoms with Crippen LogP contribution < -0.4 is 0 Å². The van der Waals surface area contributed by atoms with E-state index < -0.39 is 35.3 Å². The van der Waals surface area contributed by atoms with Gasteiger partial charge in [0.15, 0.2) is 5.41 Å². The Kier molecular flexibility index (Phi) is 8.04. The number of nitrogens with zero attached hydrogens (tertiary/aromatic N) is 3. The van der Waals surface area contributed by atoms with Gasteiger partial charge in [-0.15, -0.1) is 0 Å². The maximum atomic E-state index is 13.4. The van der Waals surface area contributed by atoms with E-state index in [9.17, 15) is 36.2 Å². The van der Waals surface area contributed by atoms with E-state index in [1.54, 1.807) is 24.5 Å². The molecular weight excluding hydrogens is 524 g/mol. The summed E-state index contributed by atoms with van der Waals surface area (Å²) in [5, 5.41) is 9.79. The molecule has 0 bridgehead atoms. The quantitative estimate of drug-likeness (QED) is 0.371. The van der Waals surface area contributed by atoms with Crippen molar-refractivity contribution in [1.29, 1.82) is 0 Å². The molecule has 1 aliphatic rings. The lowest BCUT2D eigenvalue weighted by Gasteiger charge is -2.39. The van der Waals surface area contributed by atoms with E-state index in [1.807, 2.05) is 34.1 Å². The average molecular weight is 552 g/mol. The van der Waals surface area contributed by atoms with Crippen LogP contribution >= 0.6 is 0 Å². The normalized spacial score (nSPS) is 17.8. The van der Waals surface area contributed by atoms with Crippen LogP contribution in [0, 0.1) is 0 Å². The Bertz CT molecular complexity index is 1250. The first-order chi connectivity index (χ1) is 18.3. The fraction of sp³-hybridized carbons (Fsp3) is 0.357. The third-order valence-corrected chi connectivity index (χ3v) is 7.29. The van der Waals surface area contributed by atoms with Crippen LogP contribution in [-0.2, 0) is 23.3 Å². The predicted octanol–water partition coefficient (Wildman–Crippen LogP) is 5.90. The van der Waals surface area contributed by atoms with Crippen LogP contribution in [0.15, 0.2) is 73.1 Å². The first-order valence-corrected chi connectivity index (χ1v) is 12.2. The first kappa shape index (κ1) is 28.6. The zero-order valence-electron chi connectivity index (χ0n) is 21.0. The molecule has 2 heterocycles. The number of alkyl halides is 6. The second-order valence-corrected chi connectivity index (χ2v) is 9.81. The van der Waals surface area contributed by atoms with Gasteiger partial charge in [-0.05, 0) is 46.9 Å². The van der Waals surface area contributed by atoms with Crippen molar-refractivity contribution in [1.82, 2.24) is 14.8 Å². The van der Waals surface area contributed by atoms with E-state index in [2.05, 4.69) is 4.98 Å². The Labute approximate surface area is 221 Å². The highest BCUT2D eigenvalue weighted by molar-refractivity contribution is 5.74. The lowest BCUT2D eigenvalue weighted by atomic mass is 9.80. The van der Waals surface area contributed by atoms with E-state index >= 15 is 0 Å². The van der Waals surface area contributed by atoms with Crippen LogP contribution in [0.5, 0.6) is 0 Å². The van der Waals surface area contributed by atoms with Crippen LogP contribution in [0.4, 0.5) is 26.3 Å². The molecule has 1 fully saturated rings. The standard InChI is InChI=1S/C28H27F6N3O2/c1-26(27(29,30)31,28(32,33)34)23-8-6-22(7-9-23)21-4-2-19(3-5-21)16-36-14-15-37(24(18-36)25(38)39)17-20-10-12-35-13-11-20/h2-13,24H,14-18H2,1H3,(H,38,39)/t24-/m0/s1. The summed E-state index contributed by atoms with van der Waals surface area (Å²) in [6, 6.07) is 14.4. The van der Waals surface area contributed by atoms with Crippen molar-refractivity contribution in [2.24, 2.45) is 0 Å². The molecule has 1 aromatic heterocycles. The molecule has 1 saturated heterocycles. The van der Waals surface area contributed by atoms with Gasteiger partial charge in [0.25, 0.3) is 0 Å². The van der Waals surface area contributed by atoms with Crippen LogP contribution in [-0.4, -0.2) is 63.9 Å². The van der Waals surface area contributed by atoms with Gasteiger partial charge in [-0.1, -0.05) is 48.5 Å². The van der Waals surface area contributed by atoms with Crippen molar-refractivity contribution >= 4 is 5.97 Å². The highest BCUT2D eigenvalue weighted by atomic mass is 19.4. The average Bonchev–Trinajstić information content (AvgIpc) is 2.89. The van der Waals surface area contributed by atoms with Crippen molar-refractivity contribution in [3.05, 3.63) is 89.7 Å². The molecule has 1 aliphatic heterocycles. The first-order valence-electron chi connectivity index (χ1n) is 12.2. The monoisotopic (exact) mass is 551 g/mol. The number of hydrogen-bond acceptors (Lipinski definition) is 4. The molecule has 0 saturated carbocycles. The number of rotatable bonds is 7. The second-order valence-electron chi connectivity index (χ2n) is 9.81. The molecule has 39 heavy (non-hydrogen) atoms. The molecule has 1 atom stereocenters. The molecule has 0 unspecified atom stereocenters.